The second kappa shape index (κ2) is 7.48. The molecule has 142 valence electrons. The minimum atomic E-state index is -0.425. The Hall–Kier alpha value is -2.73. The topological polar surface area (TPSA) is 65.7 Å². The number of nitrogens with zero attached hydrogens (tertiary/aromatic N) is 3. The molecule has 0 spiro atoms. The highest BCUT2D eigenvalue weighted by Crippen LogP contribution is 2.26. The first-order chi connectivity index (χ1) is 12.8. The molecule has 2 heterocycles. The second-order valence-electron chi connectivity index (χ2n) is 7.40. The zero-order chi connectivity index (χ0) is 19.6. The molecule has 0 unspecified atom stereocenters. The van der Waals surface area contributed by atoms with E-state index in [1.807, 2.05) is 6.07 Å². The standard InChI is InChI=1S/C21H25N3O3/c1-6-27-20(25)16-12-22-19-11-17(23-24(19)18(16)13-26-5)14-7-9-15(10-8-14)21(2,3)4/h7-12H,6,13H2,1-5H3. The Balaban J connectivity index is 2.06. The quantitative estimate of drug-likeness (QED) is 0.637. The molecule has 0 bridgehead atoms. The van der Waals surface area contributed by atoms with Crippen molar-refractivity contribution >= 4 is 11.6 Å². The van der Waals surface area contributed by atoms with Crippen LogP contribution >= 0.6 is 0 Å². The smallest absolute Gasteiger partial charge is 0.341 e. The number of hydrogen-bond donors (Lipinski definition) is 0. The molecule has 2 aromatic heterocycles. The van der Waals surface area contributed by atoms with E-state index in [1.54, 1.807) is 18.5 Å². The number of rotatable bonds is 5. The van der Waals surface area contributed by atoms with Gasteiger partial charge in [0.1, 0.15) is 5.56 Å². The van der Waals surface area contributed by atoms with Crippen LogP contribution in [0, 0.1) is 0 Å². The predicted octanol–water partition coefficient (Wildman–Crippen LogP) is 4.02. The van der Waals surface area contributed by atoms with E-state index >= 15 is 0 Å². The average molecular weight is 367 g/mol. The first-order valence-electron chi connectivity index (χ1n) is 8.99. The number of esters is 1. The Kier molecular flexibility index (Phi) is 5.28. The number of carbonyl (C=O) groups excluding carboxylic acids is 1. The number of carbonyl (C=O) groups is 1. The molecular weight excluding hydrogens is 342 g/mol. The Bertz CT molecular complexity index is 953. The summed E-state index contributed by atoms with van der Waals surface area (Å²) in [4.78, 5) is 16.6. The van der Waals surface area contributed by atoms with Gasteiger partial charge in [-0.3, -0.25) is 0 Å². The van der Waals surface area contributed by atoms with E-state index in [9.17, 15) is 4.79 Å². The van der Waals surface area contributed by atoms with Crippen molar-refractivity contribution in [1.82, 2.24) is 14.6 Å². The van der Waals surface area contributed by atoms with Gasteiger partial charge in [-0.15, -0.1) is 0 Å². The van der Waals surface area contributed by atoms with Crippen LogP contribution in [0.5, 0.6) is 0 Å². The summed E-state index contributed by atoms with van der Waals surface area (Å²) < 4.78 is 12.1. The molecule has 0 saturated carbocycles. The van der Waals surface area contributed by atoms with Crippen LogP contribution in [-0.2, 0) is 21.5 Å². The van der Waals surface area contributed by atoms with E-state index in [4.69, 9.17) is 9.47 Å². The third-order valence-electron chi connectivity index (χ3n) is 4.41. The molecular formula is C21H25N3O3. The van der Waals surface area contributed by atoms with Gasteiger partial charge in [0.25, 0.3) is 0 Å². The van der Waals surface area contributed by atoms with E-state index in [0.29, 0.717) is 23.5 Å². The first kappa shape index (κ1) is 19.0. The lowest BCUT2D eigenvalue weighted by Crippen LogP contribution is -2.14. The van der Waals surface area contributed by atoms with Crippen LogP contribution < -0.4 is 0 Å². The van der Waals surface area contributed by atoms with E-state index in [-0.39, 0.29) is 12.0 Å². The van der Waals surface area contributed by atoms with Crippen LogP contribution in [0.25, 0.3) is 16.9 Å². The Labute approximate surface area is 159 Å². The highest BCUT2D eigenvalue weighted by Gasteiger charge is 2.19. The van der Waals surface area contributed by atoms with Crippen molar-refractivity contribution in [2.24, 2.45) is 0 Å². The van der Waals surface area contributed by atoms with Gasteiger partial charge in [0.05, 0.1) is 24.6 Å². The highest BCUT2D eigenvalue weighted by atomic mass is 16.5. The van der Waals surface area contributed by atoms with Gasteiger partial charge in [-0.25, -0.2) is 14.3 Å². The Morgan fingerprint density at radius 3 is 2.48 bits per heavy atom. The molecule has 0 aliphatic heterocycles. The van der Waals surface area contributed by atoms with E-state index < -0.39 is 5.97 Å². The molecule has 0 saturated heterocycles. The predicted molar refractivity (Wildman–Crippen MR) is 104 cm³/mol. The summed E-state index contributed by atoms with van der Waals surface area (Å²) in [5.41, 5.74) is 4.79. The molecule has 3 rings (SSSR count). The van der Waals surface area contributed by atoms with Gasteiger partial charge in [-0.05, 0) is 17.9 Å². The van der Waals surface area contributed by atoms with Crippen LogP contribution in [0.15, 0.2) is 36.5 Å². The molecule has 0 amide bonds. The number of benzene rings is 1. The fraction of sp³-hybridized carbons (Fsp3) is 0.381. The molecule has 0 atom stereocenters. The molecule has 0 fully saturated rings. The zero-order valence-electron chi connectivity index (χ0n) is 16.4. The molecule has 3 aromatic rings. The van der Waals surface area contributed by atoms with Crippen LogP contribution in [0.2, 0.25) is 0 Å². The van der Waals surface area contributed by atoms with Crippen molar-refractivity contribution in [2.75, 3.05) is 13.7 Å². The number of hydrogen-bond acceptors (Lipinski definition) is 5. The SMILES string of the molecule is CCOC(=O)c1cnc2cc(-c3ccc(C(C)(C)C)cc3)nn2c1COC. The molecule has 1 aromatic carbocycles. The minimum absolute atomic E-state index is 0.0964. The average Bonchev–Trinajstić information content (AvgIpc) is 3.06. The van der Waals surface area contributed by atoms with E-state index in [0.717, 1.165) is 11.3 Å². The van der Waals surface area contributed by atoms with Crippen molar-refractivity contribution in [3.63, 3.8) is 0 Å². The van der Waals surface area contributed by atoms with Crippen LogP contribution in [0.1, 0.15) is 49.3 Å². The van der Waals surface area contributed by atoms with Gasteiger partial charge in [-0.1, -0.05) is 45.0 Å². The summed E-state index contributed by atoms with van der Waals surface area (Å²) in [5.74, 6) is -0.425. The van der Waals surface area contributed by atoms with Crippen molar-refractivity contribution in [1.29, 1.82) is 0 Å². The van der Waals surface area contributed by atoms with Crippen LogP contribution in [0.3, 0.4) is 0 Å². The maximum atomic E-state index is 12.2. The Morgan fingerprint density at radius 1 is 1.19 bits per heavy atom. The number of aromatic nitrogens is 3. The monoisotopic (exact) mass is 367 g/mol. The lowest BCUT2D eigenvalue weighted by Gasteiger charge is -2.18. The maximum absolute atomic E-state index is 12.2. The van der Waals surface area contributed by atoms with Gasteiger partial charge in [-0.2, -0.15) is 5.10 Å². The number of methoxy groups -OCH3 is 1. The van der Waals surface area contributed by atoms with E-state index in [1.165, 1.54) is 11.8 Å². The fourth-order valence-corrected chi connectivity index (χ4v) is 2.92. The second-order valence-corrected chi connectivity index (χ2v) is 7.40. The highest BCUT2D eigenvalue weighted by molar-refractivity contribution is 5.90. The van der Waals surface area contributed by atoms with Crippen molar-refractivity contribution in [3.05, 3.63) is 53.3 Å². The summed E-state index contributed by atoms with van der Waals surface area (Å²) in [5, 5.41) is 4.66. The maximum Gasteiger partial charge on any atom is 0.341 e. The van der Waals surface area contributed by atoms with Gasteiger partial charge >= 0.3 is 5.97 Å². The Morgan fingerprint density at radius 2 is 1.89 bits per heavy atom. The third-order valence-corrected chi connectivity index (χ3v) is 4.41. The molecule has 0 aliphatic rings. The van der Waals surface area contributed by atoms with Crippen molar-refractivity contribution in [3.8, 4) is 11.3 Å². The molecule has 0 N–H and O–H groups in total. The van der Waals surface area contributed by atoms with Crippen LogP contribution in [-0.4, -0.2) is 34.3 Å². The first-order valence-corrected chi connectivity index (χ1v) is 8.99. The largest absolute Gasteiger partial charge is 0.462 e. The third kappa shape index (κ3) is 3.85. The van der Waals surface area contributed by atoms with Gasteiger partial charge in [0.15, 0.2) is 5.65 Å². The minimum Gasteiger partial charge on any atom is -0.462 e. The summed E-state index contributed by atoms with van der Waals surface area (Å²) in [7, 11) is 1.58. The van der Waals surface area contributed by atoms with Gasteiger partial charge in [0.2, 0.25) is 0 Å². The summed E-state index contributed by atoms with van der Waals surface area (Å²) in [6.07, 6.45) is 1.52. The molecule has 0 aliphatic carbocycles. The normalized spacial score (nSPS) is 11.7. The molecule has 6 heteroatoms. The van der Waals surface area contributed by atoms with Gasteiger partial charge < -0.3 is 9.47 Å². The van der Waals surface area contributed by atoms with Crippen molar-refractivity contribution < 1.29 is 14.3 Å². The molecule has 27 heavy (non-hydrogen) atoms. The zero-order valence-corrected chi connectivity index (χ0v) is 16.4. The van der Waals surface area contributed by atoms with Crippen LogP contribution in [0.4, 0.5) is 0 Å². The summed E-state index contributed by atoms with van der Waals surface area (Å²) in [6.45, 7) is 8.86. The number of ether oxygens (including phenoxy) is 2. The summed E-state index contributed by atoms with van der Waals surface area (Å²) >= 11 is 0. The molecule has 0 radical (unpaired) electrons. The number of fused-ring (bicyclic) bond motifs is 1. The summed E-state index contributed by atoms with van der Waals surface area (Å²) in [6, 6.07) is 10.3. The lowest BCUT2D eigenvalue weighted by atomic mass is 9.86. The molecule has 6 nitrogen and oxygen atoms in total. The van der Waals surface area contributed by atoms with Crippen molar-refractivity contribution in [2.45, 2.75) is 39.7 Å². The fourth-order valence-electron chi connectivity index (χ4n) is 2.92. The lowest BCUT2D eigenvalue weighted by molar-refractivity contribution is 0.0519. The van der Waals surface area contributed by atoms with Gasteiger partial charge in [0, 0.05) is 24.9 Å². The van der Waals surface area contributed by atoms with E-state index in [2.05, 4.69) is 55.1 Å².